The maximum absolute atomic E-state index is 11.8. The molecule has 0 amide bonds. The Balaban J connectivity index is 3.02. The van der Waals surface area contributed by atoms with Gasteiger partial charge in [-0.3, -0.25) is 0 Å². The molecular formula is C30H61FO10. The number of unbranched alkanes of at least 4 members (excludes halogenated alkanes) is 7. The molecule has 11 heteroatoms. The van der Waals surface area contributed by atoms with Gasteiger partial charge in [-0.15, -0.1) is 0 Å². The van der Waals surface area contributed by atoms with Crippen molar-refractivity contribution in [3.63, 3.8) is 0 Å². The summed E-state index contributed by atoms with van der Waals surface area (Å²) in [6, 6.07) is 0. The maximum atomic E-state index is 11.8. The first kappa shape index (κ1) is 40.5. The lowest BCUT2D eigenvalue weighted by Gasteiger charge is -2.09. The van der Waals surface area contributed by atoms with Crippen molar-refractivity contribution in [3.05, 3.63) is 0 Å². The van der Waals surface area contributed by atoms with Crippen LogP contribution in [-0.4, -0.2) is 139 Å². The van der Waals surface area contributed by atoms with Gasteiger partial charge >= 0.3 is 0 Å². The molecule has 0 aromatic rings. The topological polar surface area (TPSA) is 92.3 Å². The van der Waals surface area contributed by atoms with Crippen molar-refractivity contribution in [1.29, 1.82) is 0 Å². The molecule has 0 saturated heterocycles. The Labute approximate surface area is 249 Å². The largest absolute Gasteiger partial charge is 0.379 e. The zero-order valence-corrected chi connectivity index (χ0v) is 26.0. The molecule has 0 aliphatic heterocycles. The van der Waals surface area contributed by atoms with Crippen molar-refractivity contribution in [2.45, 2.75) is 58.3 Å². The van der Waals surface area contributed by atoms with Crippen LogP contribution in [0.15, 0.2) is 0 Å². The smallest absolute Gasteiger partial charge is 0.113 e. The SMILES string of the molecule is CCCCCCCCCCOCCOCCOCCOCCOCCOCCOCCOCCOCCOCCF. The van der Waals surface area contributed by atoms with Gasteiger partial charge in [-0.25, -0.2) is 4.39 Å². The molecule has 0 aromatic heterocycles. The summed E-state index contributed by atoms with van der Waals surface area (Å²) < 4.78 is 65.9. The number of hydrogen-bond donors (Lipinski definition) is 0. The Morgan fingerprint density at radius 2 is 0.488 bits per heavy atom. The molecule has 0 radical (unpaired) electrons. The van der Waals surface area contributed by atoms with Gasteiger partial charge in [0.2, 0.25) is 0 Å². The van der Waals surface area contributed by atoms with E-state index in [2.05, 4.69) is 6.92 Å². The van der Waals surface area contributed by atoms with Crippen LogP contribution in [0.4, 0.5) is 4.39 Å². The normalized spacial score (nSPS) is 11.6. The first-order valence-corrected chi connectivity index (χ1v) is 15.7. The van der Waals surface area contributed by atoms with E-state index in [1.807, 2.05) is 0 Å². The second-order valence-corrected chi connectivity index (χ2v) is 9.29. The Morgan fingerprint density at radius 3 is 0.756 bits per heavy atom. The molecule has 0 aliphatic rings. The van der Waals surface area contributed by atoms with E-state index in [9.17, 15) is 4.39 Å². The zero-order chi connectivity index (χ0) is 29.6. The van der Waals surface area contributed by atoms with Crippen molar-refractivity contribution in [3.8, 4) is 0 Å². The molecule has 0 rings (SSSR count). The van der Waals surface area contributed by atoms with Gasteiger partial charge in [-0.05, 0) is 6.42 Å². The number of rotatable bonds is 38. The maximum Gasteiger partial charge on any atom is 0.113 e. The van der Waals surface area contributed by atoms with Crippen LogP contribution in [0.5, 0.6) is 0 Å². The molecule has 0 heterocycles. The highest BCUT2D eigenvalue weighted by Crippen LogP contribution is 2.08. The summed E-state index contributed by atoms with van der Waals surface area (Å²) in [6.45, 7) is 12.1. The van der Waals surface area contributed by atoms with Crippen LogP contribution in [0, 0.1) is 0 Å². The molecule has 0 atom stereocenters. The molecular weight excluding hydrogens is 539 g/mol. The zero-order valence-electron chi connectivity index (χ0n) is 26.0. The molecule has 0 fully saturated rings. The van der Waals surface area contributed by atoms with Crippen LogP contribution in [0.25, 0.3) is 0 Å². The molecule has 0 unspecified atom stereocenters. The lowest BCUT2D eigenvalue weighted by molar-refractivity contribution is -0.0265. The van der Waals surface area contributed by atoms with Gasteiger partial charge in [0.1, 0.15) is 6.67 Å². The highest BCUT2D eigenvalue weighted by molar-refractivity contribution is 4.46. The molecule has 0 saturated carbocycles. The summed E-state index contributed by atoms with van der Waals surface area (Å²) in [7, 11) is 0. The number of halogens is 1. The minimum atomic E-state index is -0.470. The van der Waals surface area contributed by atoms with Crippen molar-refractivity contribution in [2.75, 3.05) is 139 Å². The fourth-order valence-electron chi connectivity index (χ4n) is 3.47. The highest BCUT2D eigenvalue weighted by Gasteiger charge is 1.96. The molecule has 0 bridgehead atoms. The average Bonchev–Trinajstić information content (AvgIpc) is 2.98. The van der Waals surface area contributed by atoms with Gasteiger partial charge in [-0.1, -0.05) is 51.9 Å². The highest BCUT2D eigenvalue weighted by atomic mass is 19.1. The molecule has 0 aromatic carbocycles. The quantitative estimate of drug-likeness (QED) is 0.0958. The Kier molecular flexibility index (Phi) is 39.1. The van der Waals surface area contributed by atoms with Crippen LogP contribution >= 0.6 is 0 Å². The Bertz CT molecular complexity index is 413. The molecule has 10 nitrogen and oxygen atoms in total. The monoisotopic (exact) mass is 600 g/mol. The van der Waals surface area contributed by atoms with Crippen LogP contribution < -0.4 is 0 Å². The predicted octanol–water partition coefficient (Wildman–Crippen LogP) is 4.26. The fourth-order valence-corrected chi connectivity index (χ4v) is 3.47. The van der Waals surface area contributed by atoms with E-state index in [1.165, 1.54) is 44.9 Å². The molecule has 41 heavy (non-hydrogen) atoms. The summed E-state index contributed by atoms with van der Waals surface area (Å²) in [4.78, 5) is 0. The summed E-state index contributed by atoms with van der Waals surface area (Å²) >= 11 is 0. The average molecular weight is 601 g/mol. The van der Waals surface area contributed by atoms with Gasteiger partial charge in [0, 0.05) is 6.61 Å². The van der Waals surface area contributed by atoms with Crippen molar-refractivity contribution in [2.24, 2.45) is 0 Å². The van der Waals surface area contributed by atoms with Crippen LogP contribution in [0.2, 0.25) is 0 Å². The third-order valence-corrected chi connectivity index (χ3v) is 5.71. The predicted molar refractivity (Wildman–Crippen MR) is 157 cm³/mol. The van der Waals surface area contributed by atoms with Crippen LogP contribution in [0.3, 0.4) is 0 Å². The first-order valence-electron chi connectivity index (χ1n) is 15.7. The van der Waals surface area contributed by atoms with Gasteiger partial charge in [0.15, 0.2) is 0 Å². The van der Waals surface area contributed by atoms with E-state index >= 15 is 0 Å². The van der Waals surface area contributed by atoms with Crippen molar-refractivity contribution in [1.82, 2.24) is 0 Å². The van der Waals surface area contributed by atoms with Crippen LogP contribution in [0.1, 0.15) is 58.3 Å². The summed E-state index contributed by atoms with van der Waals surface area (Å²) in [5.74, 6) is 0. The third-order valence-electron chi connectivity index (χ3n) is 5.71. The minimum absolute atomic E-state index is 0.118. The Hall–Kier alpha value is -0.470. The van der Waals surface area contributed by atoms with Gasteiger partial charge < -0.3 is 47.4 Å². The van der Waals surface area contributed by atoms with Gasteiger partial charge in [0.05, 0.1) is 126 Å². The minimum Gasteiger partial charge on any atom is -0.379 e. The lowest BCUT2D eigenvalue weighted by atomic mass is 10.1. The summed E-state index contributed by atoms with van der Waals surface area (Å²) in [5, 5.41) is 0. The molecule has 0 spiro atoms. The summed E-state index contributed by atoms with van der Waals surface area (Å²) in [6.07, 6.45) is 10.5. The third kappa shape index (κ3) is 39.5. The van der Waals surface area contributed by atoms with E-state index in [0.29, 0.717) is 119 Å². The number of alkyl halides is 1. The van der Waals surface area contributed by atoms with E-state index in [4.69, 9.17) is 47.4 Å². The lowest BCUT2D eigenvalue weighted by Crippen LogP contribution is -2.15. The van der Waals surface area contributed by atoms with Gasteiger partial charge in [-0.2, -0.15) is 0 Å². The van der Waals surface area contributed by atoms with Crippen molar-refractivity contribution >= 4 is 0 Å². The molecule has 0 aliphatic carbocycles. The fraction of sp³-hybridized carbons (Fsp3) is 1.00. The van der Waals surface area contributed by atoms with E-state index in [-0.39, 0.29) is 6.61 Å². The van der Waals surface area contributed by atoms with Crippen LogP contribution in [-0.2, 0) is 47.4 Å². The first-order chi connectivity index (χ1) is 20.4. The van der Waals surface area contributed by atoms with E-state index in [0.717, 1.165) is 13.0 Å². The number of ether oxygens (including phenoxy) is 10. The van der Waals surface area contributed by atoms with Crippen molar-refractivity contribution < 1.29 is 51.8 Å². The standard InChI is InChI=1S/C30H61FO10/c1-2-3-4-5-6-7-8-9-11-32-13-15-34-17-19-36-21-23-38-25-27-40-29-30-41-28-26-39-24-22-37-20-18-35-16-14-33-12-10-31/h2-30H2,1H3. The second kappa shape index (κ2) is 39.5. The van der Waals surface area contributed by atoms with E-state index in [1.54, 1.807) is 0 Å². The van der Waals surface area contributed by atoms with Gasteiger partial charge in [0.25, 0.3) is 0 Å². The Morgan fingerprint density at radius 1 is 0.268 bits per heavy atom. The van der Waals surface area contributed by atoms with E-state index < -0.39 is 6.67 Å². The molecule has 0 N–H and O–H groups in total. The molecule has 248 valence electrons. The second-order valence-electron chi connectivity index (χ2n) is 9.29. The number of hydrogen-bond acceptors (Lipinski definition) is 10. The summed E-state index contributed by atoms with van der Waals surface area (Å²) in [5.41, 5.74) is 0.